The van der Waals surface area contributed by atoms with Gasteiger partial charge in [0.05, 0.1) is 16.1 Å². The van der Waals surface area contributed by atoms with Crippen molar-refractivity contribution in [3.8, 4) is 0 Å². The van der Waals surface area contributed by atoms with Gasteiger partial charge >= 0.3 is 5.97 Å². The number of ketones is 1. The summed E-state index contributed by atoms with van der Waals surface area (Å²) in [5, 5.41) is 9.27. The van der Waals surface area contributed by atoms with Gasteiger partial charge in [0.2, 0.25) is 0 Å². The molecule has 0 radical (unpaired) electrons. The summed E-state index contributed by atoms with van der Waals surface area (Å²) in [6, 6.07) is 7.92. The van der Waals surface area contributed by atoms with Crippen molar-refractivity contribution in [1.82, 2.24) is 4.98 Å². The van der Waals surface area contributed by atoms with E-state index < -0.39 is 5.97 Å². The van der Waals surface area contributed by atoms with Gasteiger partial charge in [-0.2, -0.15) is 0 Å². The number of carbonyl (C=O) groups is 3. The third-order valence-electron chi connectivity index (χ3n) is 7.37. The number of rotatable bonds is 18. The van der Waals surface area contributed by atoms with Gasteiger partial charge in [-0.05, 0) is 76.8 Å². The van der Waals surface area contributed by atoms with E-state index in [9.17, 15) is 14.4 Å². The van der Waals surface area contributed by atoms with Gasteiger partial charge in [0.25, 0.3) is 0 Å². The summed E-state index contributed by atoms with van der Waals surface area (Å²) < 4.78 is 1.15. The number of aldehydes is 1. The summed E-state index contributed by atoms with van der Waals surface area (Å²) in [6.07, 6.45) is 24.8. The quantitative estimate of drug-likeness (QED) is 0.0936. The van der Waals surface area contributed by atoms with Crippen molar-refractivity contribution in [2.75, 3.05) is 5.73 Å². The van der Waals surface area contributed by atoms with E-state index in [0.29, 0.717) is 23.3 Å². The number of nitrogens with two attached hydrogens (primary N) is 1. The van der Waals surface area contributed by atoms with Gasteiger partial charge in [0, 0.05) is 18.8 Å². The SMILES string of the molecule is C/C=C\C.CC.CCCCC(=O)CCCC[C@H](C=O)CCCC.CCCCC/C=C\[C@@H]1C[C@@H]1C(=O)O.Nc1nc2ccccc2s1. The fourth-order valence-electron chi connectivity index (χ4n) is 4.36. The average Bonchev–Trinajstić information content (AvgIpc) is 3.76. The van der Waals surface area contributed by atoms with E-state index in [4.69, 9.17) is 10.8 Å². The molecule has 0 amide bonds. The van der Waals surface area contributed by atoms with Crippen LogP contribution in [0.15, 0.2) is 48.6 Å². The van der Waals surface area contributed by atoms with E-state index in [1.807, 2.05) is 64.1 Å². The lowest BCUT2D eigenvalue weighted by Gasteiger charge is -2.08. The fraction of sp³-hybridized carbons (Fsp3) is 0.641. The average molecular weight is 659 g/mol. The lowest BCUT2D eigenvalue weighted by molar-refractivity contribution is -0.138. The maximum atomic E-state index is 11.4. The summed E-state index contributed by atoms with van der Waals surface area (Å²) in [7, 11) is 0. The van der Waals surface area contributed by atoms with Gasteiger partial charge < -0.3 is 15.6 Å². The van der Waals surface area contributed by atoms with Gasteiger partial charge in [0.1, 0.15) is 12.1 Å². The number of para-hydroxylation sites is 1. The lowest BCUT2D eigenvalue weighted by atomic mass is 9.96. The van der Waals surface area contributed by atoms with Crippen molar-refractivity contribution >= 4 is 44.7 Å². The van der Waals surface area contributed by atoms with E-state index >= 15 is 0 Å². The Kier molecular flexibility index (Phi) is 31.7. The number of hydrogen-bond acceptors (Lipinski definition) is 6. The monoisotopic (exact) mass is 658 g/mol. The molecule has 3 rings (SSSR count). The van der Waals surface area contributed by atoms with Crippen LogP contribution < -0.4 is 5.73 Å². The number of carbonyl (C=O) groups excluding carboxylic acids is 2. The third-order valence-corrected chi connectivity index (χ3v) is 8.23. The molecule has 0 unspecified atom stereocenters. The highest BCUT2D eigenvalue weighted by Crippen LogP contribution is 2.39. The van der Waals surface area contributed by atoms with Gasteiger partial charge in [0.15, 0.2) is 5.13 Å². The van der Waals surface area contributed by atoms with Crippen molar-refractivity contribution in [3.63, 3.8) is 0 Å². The molecule has 1 aliphatic carbocycles. The second kappa shape index (κ2) is 32.2. The first-order chi connectivity index (χ1) is 22.3. The van der Waals surface area contributed by atoms with Crippen LogP contribution in [0.1, 0.15) is 145 Å². The summed E-state index contributed by atoms with van der Waals surface area (Å²) in [5.74, 6) is 0.230. The first-order valence-electron chi connectivity index (χ1n) is 17.8. The molecule has 1 saturated carbocycles. The molecule has 46 heavy (non-hydrogen) atoms. The van der Waals surface area contributed by atoms with Crippen molar-refractivity contribution in [2.24, 2.45) is 17.8 Å². The fourth-order valence-corrected chi connectivity index (χ4v) is 5.09. The van der Waals surface area contributed by atoms with Crippen LogP contribution in [0, 0.1) is 17.8 Å². The summed E-state index contributed by atoms with van der Waals surface area (Å²) in [4.78, 5) is 36.8. The van der Waals surface area contributed by atoms with Crippen LogP contribution in [0.25, 0.3) is 10.2 Å². The number of fused-ring (bicyclic) bond motifs is 1. The zero-order valence-corrected chi connectivity index (χ0v) is 31.0. The first-order valence-corrected chi connectivity index (χ1v) is 18.6. The van der Waals surface area contributed by atoms with Crippen LogP contribution in [0.4, 0.5) is 5.13 Å². The standard InChI is InChI=1S/C15H28O2.C11H18O2.C7H6N2S.C4H8.C2H6/c1-3-5-9-14(13-16)10-7-8-12-15(17)11-6-4-2;1-2-3-4-5-6-7-9-8-10(9)11(12)13;8-7-9-5-3-1-2-4-6(5)10-7;1-3-4-2;1-2/h13-14H,3-12H2,1-2H3;6-7,9-10H,2-5,8H2,1H3,(H,12,13);1-4H,(H2,8,9);3-4H,1-2H3;1-2H3/b;7-6-;;4-3-;/t14-;9-,10+;;;/m11.../s1. The van der Waals surface area contributed by atoms with Crippen molar-refractivity contribution < 1.29 is 19.5 Å². The topological polar surface area (TPSA) is 110 Å². The number of aliphatic carboxylic acids is 1. The maximum Gasteiger partial charge on any atom is 0.307 e. The van der Waals surface area contributed by atoms with E-state index in [-0.39, 0.29) is 11.8 Å². The summed E-state index contributed by atoms with van der Waals surface area (Å²) in [6.45, 7) is 14.4. The smallest absolute Gasteiger partial charge is 0.307 e. The molecule has 2 aromatic rings. The molecule has 1 aromatic heterocycles. The summed E-state index contributed by atoms with van der Waals surface area (Å²) in [5.41, 5.74) is 6.49. The minimum absolute atomic E-state index is 0.0811. The Morgan fingerprint density at radius 2 is 1.54 bits per heavy atom. The van der Waals surface area contributed by atoms with Crippen LogP contribution in [0.3, 0.4) is 0 Å². The van der Waals surface area contributed by atoms with Gasteiger partial charge in [-0.15, -0.1) is 0 Å². The molecule has 1 heterocycles. The Bertz CT molecular complexity index is 1040. The van der Waals surface area contributed by atoms with Gasteiger partial charge in [-0.25, -0.2) is 4.98 Å². The van der Waals surface area contributed by atoms with Crippen LogP contribution in [0.2, 0.25) is 0 Å². The van der Waals surface area contributed by atoms with Gasteiger partial charge in [-0.1, -0.05) is 121 Å². The zero-order chi connectivity index (χ0) is 35.0. The molecular formula is C39H66N2O4S. The highest BCUT2D eigenvalue weighted by molar-refractivity contribution is 7.22. The molecule has 0 spiro atoms. The van der Waals surface area contributed by atoms with E-state index in [0.717, 1.165) is 87.1 Å². The third kappa shape index (κ3) is 25.4. The van der Waals surface area contributed by atoms with E-state index in [1.54, 1.807) is 0 Å². The Balaban J connectivity index is 0. The molecule has 0 aliphatic heterocycles. The van der Waals surface area contributed by atoms with E-state index in [2.05, 4.69) is 37.9 Å². The number of anilines is 1. The van der Waals surface area contributed by atoms with Crippen molar-refractivity contribution in [2.45, 2.75) is 145 Å². The van der Waals surface area contributed by atoms with Crippen LogP contribution >= 0.6 is 11.3 Å². The Morgan fingerprint density at radius 1 is 0.935 bits per heavy atom. The molecule has 1 fully saturated rings. The number of nitrogens with zero attached hydrogens (tertiary/aromatic N) is 1. The number of aromatic nitrogens is 1. The number of hydrogen-bond donors (Lipinski definition) is 2. The number of allylic oxidation sites excluding steroid dienone is 4. The Labute approximate surface area is 285 Å². The minimum atomic E-state index is -0.636. The Morgan fingerprint density at radius 3 is 2.09 bits per heavy atom. The second-order valence-electron chi connectivity index (χ2n) is 11.4. The number of unbranched alkanes of at least 4 members (excludes halogenated alkanes) is 6. The second-order valence-corrected chi connectivity index (χ2v) is 12.4. The first kappa shape index (κ1) is 45.3. The minimum Gasteiger partial charge on any atom is -0.481 e. The predicted molar refractivity (Wildman–Crippen MR) is 200 cm³/mol. The number of carboxylic acid groups (broad SMARTS) is 1. The molecule has 262 valence electrons. The molecule has 0 bridgehead atoms. The Hall–Kier alpha value is -2.80. The van der Waals surface area contributed by atoms with Crippen molar-refractivity contribution in [3.05, 3.63) is 48.6 Å². The van der Waals surface area contributed by atoms with Crippen molar-refractivity contribution in [1.29, 1.82) is 0 Å². The molecule has 3 N–H and O–H groups in total. The molecule has 3 atom stereocenters. The predicted octanol–water partition coefficient (Wildman–Crippen LogP) is 11.6. The highest BCUT2D eigenvalue weighted by Gasteiger charge is 2.40. The molecule has 1 aliphatic rings. The normalized spacial score (nSPS) is 15.3. The number of carboxylic acids is 1. The van der Waals surface area contributed by atoms with Crippen LogP contribution in [-0.2, 0) is 14.4 Å². The largest absolute Gasteiger partial charge is 0.481 e. The molecule has 7 heteroatoms. The number of benzene rings is 1. The van der Waals surface area contributed by atoms with Gasteiger partial charge in [-0.3, -0.25) is 9.59 Å². The number of nitrogen functional groups attached to an aromatic ring is 1. The van der Waals surface area contributed by atoms with Crippen LogP contribution in [-0.4, -0.2) is 28.1 Å². The summed E-state index contributed by atoms with van der Waals surface area (Å²) >= 11 is 1.52. The molecular weight excluding hydrogens is 593 g/mol. The zero-order valence-electron chi connectivity index (χ0n) is 30.1. The van der Waals surface area contributed by atoms with E-state index in [1.165, 1.54) is 30.6 Å². The number of Topliss-reactive ketones (excluding diaryl/α,β-unsaturated/α-hetero) is 1. The van der Waals surface area contributed by atoms with Crippen LogP contribution in [0.5, 0.6) is 0 Å². The lowest BCUT2D eigenvalue weighted by Crippen LogP contribution is -2.03. The molecule has 6 nitrogen and oxygen atoms in total. The highest BCUT2D eigenvalue weighted by atomic mass is 32.1. The molecule has 0 saturated heterocycles. The maximum absolute atomic E-state index is 11.4. The number of thiazole rings is 1. The molecule has 1 aromatic carbocycles.